The molecule has 1 aliphatic heterocycles. The Hall–Kier alpha value is -3.08. The average Bonchev–Trinajstić information content (AvgIpc) is 2.66. The summed E-state index contributed by atoms with van der Waals surface area (Å²) in [5.41, 5.74) is -0.0629. The van der Waals surface area contributed by atoms with Gasteiger partial charge in [-0.3, -0.25) is 0 Å². The molecule has 2 heterocycles. The summed E-state index contributed by atoms with van der Waals surface area (Å²) in [7, 11) is -3.55. The van der Waals surface area contributed by atoms with Gasteiger partial charge >= 0.3 is 6.09 Å². The van der Waals surface area contributed by atoms with Gasteiger partial charge in [-0.2, -0.15) is 0 Å². The van der Waals surface area contributed by atoms with Gasteiger partial charge in [-0.25, -0.2) is 22.6 Å². The maximum atomic E-state index is 14.3. The molecule has 29 heavy (non-hydrogen) atoms. The summed E-state index contributed by atoms with van der Waals surface area (Å²) in [6, 6.07) is 4.81. The minimum Gasteiger partial charge on any atom is -0.502 e. The molecule has 1 saturated heterocycles. The van der Waals surface area contributed by atoms with Gasteiger partial charge in [-0.05, 0) is 18.2 Å². The van der Waals surface area contributed by atoms with Crippen molar-refractivity contribution < 1.29 is 32.6 Å². The molecule has 0 atom stereocenters. The largest absolute Gasteiger partial charge is 0.502 e. The predicted octanol–water partition coefficient (Wildman–Crippen LogP) is 2.59. The lowest BCUT2D eigenvalue weighted by Crippen LogP contribution is -2.41. The Kier molecular flexibility index (Phi) is 5.78. The van der Waals surface area contributed by atoms with Gasteiger partial charge in [0.15, 0.2) is 21.4 Å². The van der Waals surface area contributed by atoms with Gasteiger partial charge in [0.25, 0.3) is 0 Å². The molecule has 0 spiro atoms. The van der Waals surface area contributed by atoms with E-state index in [9.17, 15) is 22.7 Å². The van der Waals surface area contributed by atoms with Crippen LogP contribution in [0.25, 0.3) is 0 Å². The van der Waals surface area contributed by atoms with Crippen LogP contribution in [0.4, 0.5) is 20.7 Å². The summed E-state index contributed by atoms with van der Waals surface area (Å²) < 4.78 is 43.0. The van der Waals surface area contributed by atoms with E-state index >= 15 is 0 Å². The Bertz CT molecular complexity index is 1020. The highest BCUT2D eigenvalue weighted by atomic mass is 32.2. The van der Waals surface area contributed by atoms with Crippen LogP contribution in [0.3, 0.4) is 0 Å². The van der Waals surface area contributed by atoms with E-state index < -0.39 is 21.7 Å². The van der Waals surface area contributed by atoms with Crippen LogP contribution in [0.5, 0.6) is 11.5 Å². The first-order chi connectivity index (χ1) is 13.6. The van der Waals surface area contributed by atoms with Crippen molar-refractivity contribution in [2.24, 2.45) is 0 Å². The van der Waals surface area contributed by atoms with Crippen LogP contribution in [-0.4, -0.2) is 60.1 Å². The van der Waals surface area contributed by atoms with E-state index in [0.29, 0.717) is 25.9 Å². The number of amides is 1. The van der Waals surface area contributed by atoms with Gasteiger partial charge in [0.1, 0.15) is 11.9 Å². The number of halogens is 1. The van der Waals surface area contributed by atoms with E-state index in [2.05, 4.69) is 10.3 Å². The van der Waals surface area contributed by atoms with Crippen molar-refractivity contribution in [1.82, 2.24) is 9.88 Å². The van der Waals surface area contributed by atoms with Crippen molar-refractivity contribution in [2.45, 2.75) is 23.8 Å². The number of carbonyl (C=O) groups is 1. The van der Waals surface area contributed by atoms with Crippen LogP contribution in [0.2, 0.25) is 0 Å². The number of sulfone groups is 1. The standard InChI is InChI=1S/C18H20FN3O6S/c1-29(26,27)12-2-3-14(13(19)10-12)21-17-16(23)15(4-7-20-17)28-11-5-8-22(9-6-11)18(24)25/h2-4,7,10-11,23H,5-6,8-9H2,1H3,(H,20,21)(H,24,25). The molecule has 0 unspecified atom stereocenters. The van der Waals surface area contributed by atoms with Crippen LogP contribution in [0, 0.1) is 5.82 Å². The second kappa shape index (κ2) is 8.11. The zero-order valence-electron chi connectivity index (χ0n) is 15.5. The Morgan fingerprint density at radius 1 is 1.31 bits per heavy atom. The Morgan fingerprint density at radius 3 is 2.59 bits per heavy atom. The van der Waals surface area contributed by atoms with Crippen LogP contribution in [-0.2, 0) is 9.84 Å². The number of nitrogens with zero attached hydrogens (tertiary/aromatic N) is 2. The molecule has 3 N–H and O–H groups in total. The SMILES string of the molecule is CS(=O)(=O)c1ccc(Nc2nccc(OC3CCN(C(=O)O)CC3)c2O)c(F)c1. The number of rotatable bonds is 5. The number of likely N-dealkylation sites (tertiary alicyclic amines) is 1. The minimum absolute atomic E-state index is 0.0588. The molecule has 3 rings (SSSR count). The zero-order chi connectivity index (χ0) is 21.2. The number of benzene rings is 1. The van der Waals surface area contributed by atoms with Gasteiger partial charge < -0.3 is 25.2 Å². The van der Waals surface area contributed by atoms with Crippen molar-refractivity contribution in [3.05, 3.63) is 36.3 Å². The number of piperidine rings is 1. The summed E-state index contributed by atoms with van der Waals surface area (Å²) in [6.45, 7) is 0.656. The van der Waals surface area contributed by atoms with Crippen molar-refractivity contribution >= 4 is 27.4 Å². The number of aromatic nitrogens is 1. The molecule has 0 saturated carbocycles. The lowest BCUT2D eigenvalue weighted by atomic mass is 10.1. The number of ether oxygens (including phenoxy) is 1. The van der Waals surface area contributed by atoms with Gasteiger partial charge in [-0.1, -0.05) is 0 Å². The normalized spacial score (nSPS) is 15.2. The number of aromatic hydroxyl groups is 1. The average molecular weight is 425 g/mol. The highest BCUT2D eigenvalue weighted by Crippen LogP contribution is 2.36. The molecular weight excluding hydrogens is 405 g/mol. The van der Waals surface area contributed by atoms with E-state index in [4.69, 9.17) is 9.84 Å². The van der Waals surface area contributed by atoms with Crippen LogP contribution < -0.4 is 10.1 Å². The van der Waals surface area contributed by atoms with Crippen LogP contribution in [0.15, 0.2) is 35.4 Å². The molecule has 1 amide bonds. The van der Waals surface area contributed by atoms with Crippen molar-refractivity contribution in [2.75, 3.05) is 24.7 Å². The zero-order valence-corrected chi connectivity index (χ0v) is 16.3. The fourth-order valence-electron chi connectivity index (χ4n) is 2.92. The van der Waals surface area contributed by atoms with E-state index in [-0.39, 0.29) is 34.0 Å². The van der Waals surface area contributed by atoms with Crippen LogP contribution >= 0.6 is 0 Å². The molecule has 0 radical (unpaired) electrons. The summed E-state index contributed by atoms with van der Waals surface area (Å²) >= 11 is 0. The Labute approximate surface area is 166 Å². The number of nitrogens with one attached hydrogen (secondary N) is 1. The smallest absolute Gasteiger partial charge is 0.407 e. The number of anilines is 2. The summed E-state index contributed by atoms with van der Waals surface area (Å²) in [6.07, 6.45) is 2.02. The molecule has 11 heteroatoms. The first-order valence-electron chi connectivity index (χ1n) is 8.74. The molecule has 1 aliphatic rings. The fourth-order valence-corrected chi connectivity index (χ4v) is 3.56. The Balaban J connectivity index is 1.73. The third-order valence-electron chi connectivity index (χ3n) is 4.52. The highest BCUT2D eigenvalue weighted by Gasteiger charge is 2.25. The summed E-state index contributed by atoms with van der Waals surface area (Å²) in [4.78, 5) is 16.1. The minimum atomic E-state index is -3.55. The molecule has 1 aromatic heterocycles. The molecule has 1 fully saturated rings. The van der Waals surface area contributed by atoms with Gasteiger partial charge in [0.05, 0.1) is 10.6 Å². The number of pyridine rings is 1. The van der Waals surface area contributed by atoms with Gasteiger partial charge in [0.2, 0.25) is 5.75 Å². The predicted molar refractivity (Wildman–Crippen MR) is 102 cm³/mol. The number of hydrogen-bond donors (Lipinski definition) is 3. The Morgan fingerprint density at radius 2 is 2.00 bits per heavy atom. The lowest BCUT2D eigenvalue weighted by molar-refractivity contribution is 0.0878. The molecular formula is C18H20FN3O6S. The van der Waals surface area contributed by atoms with Crippen molar-refractivity contribution in [1.29, 1.82) is 0 Å². The summed E-state index contributed by atoms with van der Waals surface area (Å²) in [5, 5.41) is 22.0. The maximum Gasteiger partial charge on any atom is 0.407 e. The molecule has 0 bridgehead atoms. The number of carboxylic acid groups (broad SMARTS) is 1. The summed E-state index contributed by atoms with van der Waals surface area (Å²) in [5.74, 6) is -1.08. The molecule has 9 nitrogen and oxygen atoms in total. The molecule has 1 aromatic carbocycles. The molecule has 2 aromatic rings. The van der Waals surface area contributed by atoms with E-state index in [0.717, 1.165) is 12.3 Å². The molecule has 0 aliphatic carbocycles. The third-order valence-corrected chi connectivity index (χ3v) is 5.63. The topological polar surface area (TPSA) is 129 Å². The van der Waals surface area contributed by atoms with E-state index in [1.807, 2.05) is 0 Å². The van der Waals surface area contributed by atoms with Gasteiger partial charge in [-0.15, -0.1) is 0 Å². The quantitative estimate of drug-likeness (QED) is 0.667. The second-order valence-electron chi connectivity index (χ2n) is 6.63. The second-order valence-corrected chi connectivity index (χ2v) is 8.65. The first-order valence-corrected chi connectivity index (χ1v) is 10.6. The maximum absolute atomic E-state index is 14.3. The van der Waals surface area contributed by atoms with Gasteiger partial charge in [0, 0.05) is 44.5 Å². The van der Waals surface area contributed by atoms with Crippen LogP contribution in [0.1, 0.15) is 12.8 Å². The van der Waals surface area contributed by atoms with Crippen molar-refractivity contribution in [3.8, 4) is 11.5 Å². The monoisotopic (exact) mass is 425 g/mol. The third kappa shape index (κ3) is 4.86. The van der Waals surface area contributed by atoms with E-state index in [1.165, 1.54) is 29.3 Å². The van der Waals surface area contributed by atoms with E-state index in [1.54, 1.807) is 0 Å². The fraction of sp³-hybridized carbons (Fsp3) is 0.333. The highest BCUT2D eigenvalue weighted by molar-refractivity contribution is 7.90. The molecule has 156 valence electrons. The van der Waals surface area contributed by atoms with Crippen molar-refractivity contribution in [3.63, 3.8) is 0 Å². The first kappa shape index (κ1) is 20.6. The lowest BCUT2D eigenvalue weighted by Gasteiger charge is -2.30. The number of hydrogen-bond acceptors (Lipinski definition) is 7.